The van der Waals surface area contributed by atoms with Crippen LogP contribution in [-0.4, -0.2) is 34.2 Å². The summed E-state index contributed by atoms with van der Waals surface area (Å²) in [5.74, 6) is 0.884. The summed E-state index contributed by atoms with van der Waals surface area (Å²) >= 11 is 0. The van der Waals surface area contributed by atoms with E-state index in [-0.39, 0.29) is 11.9 Å². The van der Waals surface area contributed by atoms with Gasteiger partial charge in [-0.3, -0.25) is 9.89 Å². The largest absolute Gasteiger partial charge is 0.494 e. The summed E-state index contributed by atoms with van der Waals surface area (Å²) in [6.45, 7) is 5.67. The van der Waals surface area contributed by atoms with Crippen molar-refractivity contribution in [2.45, 2.75) is 39.2 Å². The van der Waals surface area contributed by atoms with Gasteiger partial charge in [-0.15, -0.1) is 0 Å². The van der Waals surface area contributed by atoms with E-state index in [1.165, 1.54) is 0 Å². The average Bonchev–Trinajstić information content (AvgIpc) is 3.31. The highest BCUT2D eigenvalue weighted by atomic mass is 16.5. The smallest absolute Gasteiger partial charge is 0.273 e. The summed E-state index contributed by atoms with van der Waals surface area (Å²) in [6, 6.07) is 18.0. The Bertz CT molecular complexity index is 964. The van der Waals surface area contributed by atoms with Gasteiger partial charge in [0, 0.05) is 17.7 Å². The molecule has 1 aliphatic heterocycles. The van der Waals surface area contributed by atoms with Gasteiger partial charge >= 0.3 is 0 Å². The number of nitrogens with one attached hydrogen (secondary N) is 1. The number of aromatic amines is 1. The Morgan fingerprint density at radius 2 is 1.79 bits per heavy atom. The molecule has 0 aliphatic carbocycles. The number of benzene rings is 2. The number of carbonyl (C=O) groups is 1. The lowest BCUT2D eigenvalue weighted by molar-refractivity contribution is 0.0741. The number of carbonyl (C=O) groups excluding carboxylic acids is 1. The Morgan fingerprint density at radius 3 is 2.48 bits per heavy atom. The first-order valence-corrected chi connectivity index (χ1v) is 10.4. The summed E-state index contributed by atoms with van der Waals surface area (Å²) in [5, 5.41) is 7.52. The van der Waals surface area contributed by atoms with E-state index < -0.39 is 0 Å². The Morgan fingerprint density at radius 1 is 1.03 bits per heavy atom. The molecule has 5 heteroatoms. The van der Waals surface area contributed by atoms with Crippen LogP contribution in [0.3, 0.4) is 0 Å². The second kappa shape index (κ2) is 8.52. The molecule has 0 saturated heterocycles. The second-order valence-electron chi connectivity index (χ2n) is 7.40. The van der Waals surface area contributed by atoms with Crippen molar-refractivity contribution in [1.82, 2.24) is 15.1 Å². The summed E-state index contributed by atoms with van der Waals surface area (Å²) in [6.07, 6.45) is 2.98. The molecule has 0 saturated carbocycles. The van der Waals surface area contributed by atoms with Gasteiger partial charge in [0.25, 0.3) is 5.91 Å². The van der Waals surface area contributed by atoms with Crippen LogP contribution < -0.4 is 4.74 Å². The number of amides is 1. The van der Waals surface area contributed by atoms with E-state index in [0.717, 1.165) is 53.9 Å². The summed E-state index contributed by atoms with van der Waals surface area (Å²) in [5.41, 5.74) is 4.53. The predicted molar refractivity (Wildman–Crippen MR) is 114 cm³/mol. The number of hydrogen-bond acceptors (Lipinski definition) is 3. The first-order valence-electron chi connectivity index (χ1n) is 10.4. The van der Waals surface area contributed by atoms with Gasteiger partial charge in [-0.05, 0) is 30.5 Å². The van der Waals surface area contributed by atoms with Crippen molar-refractivity contribution in [2.75, 3.05) is 13.2 Å². The van der Waals surface area contributed by atoms with Crippen molar-refractivity contribution in [2.24, 2.45) is 0 Å². The van der Waals surface area contributed by atoms with Gasteiger partial charge in [-0.25, -0.2) is 0 Å². The van der Waals surface area contributed by atoms with Crippen LogP contribution in [0.25, 0.3) is 11.3 Å². The third kappa shape index (κ3) is 3.65. The van der Waals surface area contributed by atoms with Crippen LogP contribution in [0.15, 0.2) is 54.6 Å². The number of aromatic nitrogens is 2. The standard InChI is InChI=1S/C24H27N3O2/c1-3-5-15-27-23(18-11-13-19(14-12-18)29-16-4-2)20-21(17-9-7-6-8-10-17)25-26-22(20)24(27)28/h6-14,23H,3-5,15-16H2,1-2H3,(H,25,26). The van der Waals surface area contributed by atoms with Crippen molar-refractivity contribution in [3.8, 4) is 17.0 Å². The van der Waals surface area contributed by atoms with Crippen molar-refractivity contribution in [1.29, 1.82) is 0 Å². The Kier molecular flexibility index (Phi) is 5.65. The fourth-order valence-electron chi connectivity index (χ4n) is 3.88. The number of ether oxygens (including phenoxy) is 1. The highest BCUT2D eigenvalue weighted by Gasteiger charge is 2.41. The maximum atomic E-state index is 13.2. The number of hydrogen-bond donors (Lipinski definition) is 1. The quantitative estimate of drug-likeness (QED) is 0.575. The molecule has 1 unspecified atom stereocenters. The first-order chi connectivity index (χ1) is 14.2. The van der Waals surface area contributed by atoms with E-state index in [4.69, 9.17) is 4.74 Å². The van der Waals surface area contributed by atoms with Gasteiger partial charge in [0.2, 0.25) is 0 Å². The van der Waals surface area contributed by atoms with Crippen LogP contribution in [0.1, 0.15) is 60.8 Å². The molecule has 0 fully saturated rings. The minimum Gasteiger partial charge on any atom is -0.494 e. The maximum absolute atomic E-state index is 13.2. The SMILES string of the molecule is CCCCN1C(=O)c2[nH]nc(-c3ccccc3)c2C1c1ccc(OCCC)cc1. The number of nitrogens with zero attached hydrogens (tertiary/aromatic N) is 2. The van der Waals surface area contributed by atoms with E-state index in [0.29, 0.717) is 12.3 Å². The summed E-state index contributed by atoms with van der Waals surface area (Å²) in [4.78, 5) is 15.1. The molecule has 3 aromatic rings. The minimum atomic E-state index is -0.141. The molecule has 5 nitrogen and oxygen atoms in total. The van der Waals surface area contributed by atoms with E-state index in [1.807, 2.05) is 47.4 Å². The van der Waals surface area contributed by atoms with Crippen LogP contribution in [0, 0.1) is 0 Å². The summed E-state index contributed by atoms with van der Waals surface area (Å²) < 4.78 is 5.73. The molecule has 4 rings (SSSR count). The third-order valence-corrected chi connectivity index (χ3v) is 5.33. The molecule has 0 bridgehead atoms. The van der Waals surface area contributed by atoms with E-state index in [1.54, 1.807) is 0 Å². The lowest BCUT2D eigenvalue weighted by Gasteiger charge is -2.26. The average molecular weight is 389 g/mol. The Labute approximate surface area is 171 Å². The third-order valence-electron chi connectivity index (χ3n) is 5.33. The van der Waals surface area contributed by atoms with Gasteiger partial charge in [0.1, 0.15) is 11.4 Å². The lowest BCUT2D eigenvalue weighted by Crippen LogP contribution is -2.30. The second-order valence-corrected chi connectivity index (χ2v) is 7.40. The maximum Gasteiger partial charge on any atom is 0.273 e. The first kappa shape index (κ1) is 19.2. The molecule has 150 valence electrons. The van der Waals surface area contributed by atoms with Crippen LogP contribution in [0.4, 0.5) is 0 Å². The van der Waals surface area contributed by atoms with Crippen LogP contribution in [-0.2, 0) is 0 Å². The topological polar surface area (TPSA) is 58.2 Å². The molecule has 1 aromatic heterocycles. The van der Waals surface area contributed by atoms with Gasteiger partial charge in [-0.1, -0.05) is 62.7 Å². The fraction of sp³-hybridized carbons (Fsp3) is 0.333. The molecule has 2 aromatic carbocycles. The highest BCUT2D eigenvalue weighted by molar-refractivity contribution is 6.00. The molecule has 0 spiro atoms. The van der Waals surface area contributed by atoms with Gasteiger partial charge in [-0.2, -0.15) is 5.10 Å². The molecule has 0 radical (unpaired) electrons. The zero-order chi connectivity index (χ0) is 20.2. The monoisotopic (exact) mass is 389 g/mol. The Balaban J connectivity index is 1.76. The molecule has 1 aliphatic rings. The van der Waals surface area contributed by atoms with Crippen molar-refractivity contribution in [3.63, 3.8) is 0 Å². The fourth-order valence-corrected chi connectivity index (χ4v) is 3.88. The molecule has 1 atom stereocenters. The molecular weight excluding hydrogens is 362 g/mol. The number of unbranched alkanes of at least 4 members (excludes halogenated alkanes) is 1. The van der Waals surface area contributed by atoms with Crippen LogP contribution >= 0.6 is 0 Å². The van der Waals surface area contributed by atoms with Crippen molar-refractivity contribution < 1.29 is 9.53 Å². The van der Waals surface area contributed by atoms with Gasteiger partial charge in [0.15, 0.2) is 0 Å². The lowest BCUT2D eigenvalue weighted by atomic mass is 9.96. The number of rotatable bonds is 8. The number of fused-ring (bicyclic) bond motifs is 1. The highest BCUT2D eigenvalue weighted by Crippen LogP contribution is 2.43. The van der Waals surface area contributed by atoms with Gasteiger partial charge in [0.05, 0.1) is 18.3 Å². The van der Waals surface area contributed by atoms with E-state index in [2.05, 4.69) is 36.2 Å². The van der Waals surface area contributed by atoms with Crippen LogP contribution in [0.2, 0.25) is 0 Å². The molecule has 29 heavy (non-hydrogen) atoms. The molecule has 1 amide bonds. The molecule has 2 heterocycles. The van der Waals surface area contributed by atoms with Crippen molar-refractivity contribution >= 4 is 5.91 Å². The molecular formula is C24H27N3O2. The zero-order valence-electron chi connectivity index (χ0n) is 17.0. The summed E-state index contributed by atoms with van der Waals surface area (Å²) in [7, 11) is 0. The van der Waals surface area contributed by atoms with Crippen LogP contribution in [0.5, 0.6) is 5.75 Å². The zero-order valence-corrected chi connectivity index (χ0v) is 17.0. The van der Waals surface area contributed by atoms with E-state index >= 15 is 0 Å². The number of H-pyrrole nitrogens is 1. The van der Waals surface area contributed by atoms with Gasteiger partial charge < -0.3 is 9.64 Å². The van der Waals surface area contributed by atoms with E-state index in [9.17, 15) is 4.79 Å². The minimum absolute atomic E-state index is 0.0273. The predicted octanol–water partition coefficient (Wildman–Crippen LogP) is 5.21. The van der Waals surface area contributed by atoms with Crippen molar-refractivity contribution in [3.05, 3.63) is 71.4 Å². The molecule has 1 N–H and O–H groups in total. The Hall–Kier alpha value is -3.08. The normalized spacial score (nSPS) is 15.6.